The fourth-order valence-electron chi connectivity index (χ4n) is 8.22. The second-order valence-electron chi connectivity index (χ2n) is 11.8. The zero-order valence-electron chi connectivity index (χ0n) is 19.7. The third kappa shape index (κ3) is 4.02. The number of rotatable bonds is 3. The molecule has 160 valence electrons. The summed E-state index contributed by atoms with van der Waals surface area (Å²) in [5.41, 5.74) is 1.39. The van der Waals surface area contributed by atoms with E-state index in [1.807, 2.05) is 0 Å². The molecule has 27 heavy (non-hydrogen) atoms. The lowest BCUT2D eigenvalue weighted by Crippen LogP contribution is -2.52. The van der Waals surface area contributed by atoms with Gasteiger partial charge in [-0.2, -0.15) is 0 Å². The van der Waals surface area contributed by atoms with Crippen LogP contribution >= 0.6 is 0 Å². The van der Waals surface area contributed by atoms with Gasteiger partial charge in [-0.15, -0.1) is 0 Å². The highest BCUT2D eigenvalue weighted by molar-refractivity contribution is 5.08. The Labute approximate surface area is 173 Å². The van der Waals surface area contributed by atoms with Crippen molar-refractivity contribution in [3.05, 3.63) is 0 Å². The van der Waals surface area contributed by atoms with Crippen LogP contribution in [0, 0.1) is 46.3 Å². The zero-order chi connectivity index (χ0) is 19.7. The smallest absolute Gasteiger partial charge is 0 e. The van der Waals surface area contributed by atoms with Gasteiger partial charge in [0.25, 0.3) is 0 Å². The van der Waals surface area contributed by atoms with Crippen LogP contribution in [-0.4, -0.2) is 0 Å². The van der Waals surface area contributed by atoms with Crippen LogP contribution in [0.2, 0.25) is 0 Å². The molecule has 0 aromatic carbocycles. The first-order valence-electron chi connectivity index (χ1n) is 12.9. The minimum atomic E-state index is 0. The minimum absolute atomic E-state index is 0. The van der Waals surface area contributed by atoms with Crippen molar-refractivity contribution in [2.75, 3.05) is 0 Å². The van der Waals surface area contributed by atoms with Gasteiger partial charge in [-0.25, -0.2) is 0 Å². The van der Waals surface area contributed by atoms with Gasteiger partial charge in [-0.3, -0.25) is 0 Å². The Morgan fingerprint density at radius 3 is 2.30 bits per heavy atom. The Balaban J connectivity index is 0.000000660. The Kier molecular flexibility index (Phi) is 7.06. The third-order valence-corrected chi connectivity index (χ3v) is 10.1. The van der Waals surface area contributed by atoms with Gasteiger partial charge in [-0.05, 0) is 104 Å². The van der Waals surface area contributed by atoms with Crippen molar-refractivity contribution in [2.24, 2.45) is 46.3 Å². The molecule has 0 heteroatoms. The molecular formula is C27H52. The van der Waals surface area contributed by atoms with Crippen molar-refractivity contribution in [3.8, 4) is 0 Å². The summed E-state index contributed by atoms with van der Waals surface area (Å²) in [4.78, 5) is 0. The van der Waals surface area contributed by atoms with E-state index in [9.17, 15) is 0 Å². The first-order chi connectivity index (χ1) is 12.9. The molecule has 4 fully saturated rings. The highest BCUT2D eigenvalue weighted by atomic mass is 14.6. The lowest BCUT2D eigenvalue weighted by molar-refractivity contribution is -0.106. The SMILES string of the molecule is CCC.CC[C@@H](C)CC1CC[C@@H]2CC3CC[C@@H]4CCCC[C@]4(C)C3C[C@]12C.[HH]. The summed E-state index contributed by atoms with van der Waals surface area (Å²) in [6, 6.07) is 0. The van der Waals surface area contributed by atoms with Crippen LogP contribution in [0.15, 0.2) is 0 Å². The molecule has 0 spiro atoms. The Morgan fingerprint density at radius 1 is 0.889 bits per heavy atom. The largest absolute Gasteiger partial charge is 0.0656 e. The van der Waals surface area contributed by atoms with Crippen LogP contribution in [0.5, 0.6) is 0 Å². The van der Waals surface area contributed by atoms with Crippen molar-refractivity contribution >= 4 is 0 Å². The Bertz CT molecular complexity index is 473. The summed E-state index contributed by atoms with van der Waals surface area (Å²) in [5, 5.41) is 0. The lowest BCUT2D eigenvalue weighted by atomic mass is 9.45. The molecule has 0 aliphatic heterocycles. The summed E-state index contributed by atoms with van der Waals surface area (Å²) in [6.07, 6.45) is 19.7. The van der Waals surface area contributed by atoms with Crippen LogP contribution in [0.1, 0.15) is 126 Å². The standard InChI is InChI=1S/C24H42.C3H8.H2/c1-5-17(2)14-20-11-12-21-15-18-9-10-19-8-6-7-13-23(19,3)22(18)16-24(20,21)4;1-3-2;/h17-22H,5-16H2,1-4H3;3H2,1-2H3;1H/t17-,18?,19+,20?,21-,22?,23+,24-;;/m1../s1. The van der Waals surface area contributed by atoms with Gasteiger partial charge in [0.15, 0.2) is 0 Å². The molecular weight excluding hydrogens is 324 g/mol. The Hall–Kier alpha value is 0. The second kappa shape index (κ2) is 8.79. The molecule has 0 bridgehead atoms. The van der Waals surface area contributed by atoms with Crippen LogP contribution in [0.3, 0.4) is 0 Å². The second-order valence-corrected chi connectivity index (χ2v) is 11.8. The molecule has 8 atom stereocenters. The van der Waals surface area contributed by atoms with Crippen LogP contribution in [0.25, 0.3) is 0 Å². The molecule has 4 aliphatic carbocycles. The van der Waals surface area contributed by atoms with Gasteiger partial charge in [0.2, 0.25) is 0 Å². The normalized spacial score (nSPS) is 47.1. The molecule has 0 heterocycles. The first kappa shape index (κ1) is 21.7. The average molecular weight is 377 g/mol. The van der Waals surface area contributed by atoms with Crippen molar-refractivity contribution in [2.45, 2.75) is 125 Å². The van der Waals surface area contributed by atoms with E-state index < -0.39 is 0 Å². The van der Waals surface area contributed by atoms with Gasteiger partial charge in [-0.1, -0.05) is 67.2 Å². The lowest BCUT2D eigenvalue weighted by Gasteiger charge is -2.60. The highest BCUT2D eigenvalue weighted by Crippen LogP contribution is 2.67. The predicted octanol–water partition coefficient (Wildman–Crippen LogP) is 9.13. The minimum Gasteiger partial charge on any atom is -0.0656 e. The van der Waals surface area contributed by atoms with E-state index in [1.165, 1.54) is 32.1 Å². The number of hydrogen-bond donors (Lipinski definition) is 0. The molecule has 3 unspecified atom stereocenters. The molecule has 4 aliphatic rings. The summed E-state index contributed by atoms with van der Waals surface area (Å²) >= 11 is 0. The summed E-state index contributed by atoms with van der Waals surface area (Å²) in [5.74, 6) is 6.26. The molecule has 0 aromatic heterocycles. The maximum Gasteiger partial charge on any atom is 0 e. The predicted molar refractivity (Wildman–Crippen MR) is 122 cm³/mol. The third-order valence-electron chi connectivity index (χ3n) is 10.1. The maximum atomic E-state index is 2.74. The summed E-state index contributed by atoms with van der Waals surface area (Å²) < 4.78 is 0. The van der Waals surface area contributed by atoms with Gasteiger partial charge in [0, 0.05) is 1.43 Å². The maximum absolute atomic E-state index is 2.74. The molecule has 4 saturated carbocycles. The van der Waals surface area contributed by atoms with E-state index in [0.717, 1.165) is 35.5 Å². The zero-order valence-corrected chi connectivity index (χ0v) is 19.7. The fourth-order valence-corrected chi connectivity index (χ4v) is 8.22. The molecule has 0 saturated heterocycles. The van der Waals surface area contributed by atoms with Crippen molar-refractivity contribution in [3.63, 3.8) is 0 Å². The summed E-state index contributed by atoms with van der Waals surface area (Å²) in [6.45, 7) is 14.6. The van der Waals surface area contributed by atoms with Crippen molar-refractivity contribution < 1.29 is 1.43 Å². The number of hydrogen-bond acceptors (Lipinski definition) is 0. The molecule has 0 radical (unpaired) electrons. The van der Waals surface area contributed by atoms with E-state index in [4.69, 9.17) is 0 Å². The van der Waals surface area contributed by atoms with Gasteiger partial charge >= 0.3 is 0 Å². The average Bonchev–Trinajstić information content (AvgIpc) is 2.96. The van der Waals surface area contributed by atoms with Crippen LogP contribution in [-0.2, 0) is 0 Å². The summed E-state index contributed by atoms with van der Waals surface area (Å²) in [7, 11) is 0. The molecule has 0 nitrogen and oxygen atoms in total. The molecule has 4 rings (SSSR count). The monoisotopic (exact) mass is 376 g/mol. The van der Waals surface area contributed by atoms with E-state index in [2.05, 4.69) is 41.5 Å². The number of fused-ring (bicyclic) bond motifs is 4. The molecule has 0 aromatic rings. The van der Waals surface area contributed by atoms with Crippen molar-refractivity contribution in [1.29, 1.82) is 0 Å². The van der Waals surface area contributed by atoms with E-state index in [-0.39, 0.29) is 1.43 Å². The fraction of sp³-hybridized carbons (Fsp3) is 1.00. The van der Waals surface area contributed by atoms with Crippen molar-refractivity contribution in [1.82, 2.24) is 0 Å². The van der Waals surface area contributed by atoms with Crippen LogP contribution in [0.4, 0.5) is 0 Å². The van der Waals surface area contributed by atoms with E-state index in [0.29, 0.717) is 10.8 Å². The topological polar surface area (TPSA) is 0 Å². The quantitative estimate of drug-likeness (QED) is 0.460. The van der Waals surface area contributed by atoms with E-state index in [1.54, 1.807) is 51.4 Å². The van der Waals surface area contributed by atoms with E-state index >= 15 is 0 Å². The molecule has 0 amide bonds. The Morgan fingerprint density at radius 2 is 1.59 bits per heavy atom. The highest BCUT2D eigenvalue weighted by Gasteiger charge is 2.58. The first-order valence-corrected chi connectivity index (χ1v) is 12.9. The van der Waals surface area contributed by atoms with Gasteiger partial charge in [0.1, 0.15) is 0 Å². The molecule has 0 N–H and O–H groups in total. The van der Waals surface area contributed by atoms with Gasteiger partial charge < -0.3 is 0 Å². The van der Waals surface area contributed by atoms with Crippen LogP contribution < -0.4 is 0 Å². The van der Waals surface area contributed by atoms with Gasteiger partial charge in [0.05, 0.1) is 0 Å².